The molecule has 0 radical (unpaired) electrons. The van der Waals surface area contributed by atoms with Crippen molar-refractivity contribution in [1.82, 2.24) is 14.8 Å². The average Bonchev–Trinajstić information content (AvgIpc) is 2.93. The molecular weight excluding hydrogens is 552 g/mol. The molecule has 0 unspecified atom stereocenters. The van der Waals surface area contributed by atoms with Gasteiger partial charge in [0.25, 0.3) is 26.0 Å². The van der Waals surface area contributed by atoms with Gasteiger partial charge in [-0.25, -0.2) is 8.42 Å². The molecule has 1 aromatic heterocycles. The van der Waals surface area contributed by atoms with Gasteiger partial charge in [0.1, 0.15) is 4.90 Å². The third kappa shape index (κ3) is 8.09. The number of hydrogen-bond donors (Lipinski definition) is 2. The lowest BCUT2D eigenvalue weighted by Gasteiger charge is -2.34. The van der Waals surface area contributed by atoms with E-state index in [0.717, 1.165) is 25.0 Å². The van der Waals surface area contributed by atoms with Gasteiger partial charge in [-0.1, -0.05) is 48.5 Å². The Morgan fingerprint density at radius 3 is 2.12 bits per heavy atom. The topological polar surface area (TPSA) is 137 Å². The van der Waals surface area contributed by atoms with Crippen molar-refractivity contribution in [3.8, 4) is 0 Å². The number of benzene rings is 3. The van der Waals surface area contributed by atoms with Crippen molar-refractivity contribution in [2.45, 2.75) is 11.4 Å². The van der Waals surface area contributed by atoms with E-state index in [4.69, 9.17) is 4.55 Å². The Bertz CT molecular complexity index is 1660. The molecule has 1 amide bonds. The number of pyridine rings is 1. The van der Waals surface area contributed by atoms with Crippen molar-refractivity contribution in [1.29, 1.82) is 0 Å². The second kappa shape index (κ2) is 12.6. The van der Waals surface area contributed by atoms with Gasteiger partial charge in [-0.2, -0.15) is 8.42 Å². The number of carbonyl (C=O) groups excluding carboxylic acids is 1. The molecule has 210 valence electrons. The summed E-state index contributed by atoms with van der Waals surface area (Å²) in [6.07, 6.45) is 2.29. The van der Waals surface area contributed by atoms with Gasteiger partial charge in [-0.15, -0.1) is 0 Å². The number of para-hydroxylation sites is 1. The maximum absolute atomic E-state index is 13.0. The molecule has 10 nitrogen and oxygen atoms in total. The summed E-state index contributed by atoms with van der Waals surface area (Å²) < 4.78 is 54.5. The summed E-state index contributed by atoms with van der Waals surface area (Å²) in [4.78, 5) is 21.5. The summed E-state index contributed by atoms with van der Waals surface area (Å²) in [5, 5.41) is 0.750. The van der Waals surface area contributed by atoms with Crippen LogP contribution in [-0.2, 0) is 26.7 Å². The number of carbonyl (C=O) groups is 1. The smallest absolute Gasteiger partial charge is 0.264 e. The largest absolute Gasteiger partial charge is 0.336 e. The van der Waals surface area contributed by atoms with Crippen molar-refractivity contribution >= 4 is 42.6 Å². The van der Waals surface area contributed by atoms with Gasteiger partial charge in [0.2, 0.25) is 0 Å². The Morgan fingerprint density at radius 1 is 0.850 bits per heavy atom. The molecule has 0 saturated carbocycles. The highest BCUT2D eigenvalue weighted by atomic mass is 32.2. The van der Waals surface area contributed by atoms with E-state index in [-0.39, 0.29) is 10.8 Å². The summed E-state index contributed by atoms with van der Waals surface area (Å²) in [6.45, 7) is 3.83. The Balaban J connectivity index is 0.000000681. The first-order valence-corrected chi connectivity index (χ1v) is 15.8. The van der Waals surface area contributed by atoms with Gasteiger partial charge in [-0.05, 0) is 42.0 Å². The second-order valence-corrected chi connectivity index (χ2v) is 12.4. The first-order chi connectivity index (χ1) is 19.0. The van der Waals surface area contributed by atoms with Crippen LogP contribution in [0, 0.1) is 0 Å². The molecular formula is C28H30N4O6S2. The number of rotatable bonds is 6. The van der Waals surface area contributed by atoms with E-state index in [1.165, 1.54) is 11.6 Å². The molecule has 4 aromatic rings. The zero-order valence-corrected chi connectivity index (χ0v) is 23.5. The van der Waals surface area contributed by atoms with Crippen LogP contribution < -0.4 is 4.72 Å². The first kappa shape index (κ1) is 29.2. The van der Waals surface area contributed by atoms with Crippen LogP contribution in [0.1, 0.15) is 15.9 Å². The summed E-state index contributed by atoms with van der Waals surface area (Å²) in [7, 11) is -7.51. The molecule has 1 aliphatic heterocycles. The van der Waals surface area contributed by atoms with Gasteiger partial charge in [0.15, 0.2) is 0 Å². The van der Waals surface area contributed by atoms with Gasteiger partial charge in [0, 0.05) is 55.6 Å². The lowest BCUT2D eigenvalue weighted by atomic mass is 10.1. The van der Waals surface area contributed by atoms with Gasteiger partial charge in [0.05, 0.1) is 11.8 Å². The van der Waals surface area contributed by atoms with E-state index in [2.05, 4.69) is 26.7 Å². The maximum atomic E-state index is 13.0. The summed E-state index contributed by atoms with van der Waals surface area (Å²) >= 11 is 0. The Morgan fingerprint density at radius 2 is 1.48 bits per heavy atom. The Kier molecular flexibility index (Phi) is 9.15. The van der Waals surface area contributed by atoms with Crippen LogP contribution in [0.25, 0.3) is 10.9 Å². The highest BCUT2D eigenvalue weighted by molar-refractivity contribution is 7.93. The third-order valence-electron chi connectivity index (χ3n) is 6.18. The zero-order chi connectivity index (χ0) is 28.8. The Labute approximate surface area is 234 Å². The number of sulfonamides is 1. The number of hydrogen-bond acceptors (Lipinski definition) is 7. The fraction of sp³-hybridized carbons (Fsp3) is 0.214. The zero-order valence-electron chi connectivity index (χ0n) is 21.8. The fourth-order valence-electron chi connectivity index (χ4n) is 4.32. The van der Waals surface area contributed by atoms with Crippen LogP contribution in [-0.4, -0.2) is 74.5 Å². The molecule has 40 heavy (non-hydrogen) atoms. The van der Waals surface area contributed by atoms with Gasteiger partial charge >= 0.3 is 0 Å². The standard InChI is InChI=1S/C27H26N4O3S.CH4O3S/c32-27(31-18-16-30(17-19-31)20-21-6-2-1-3-7-21)23-11-13-24(14-12-23)29-35(33,34)25-10-4-8-22-9-5-15-28-26(22)25;1-5(2,3)4/h1-15,29H,16-20H2;1H3,(H,2,3,4). The molecule has 0 bridgehead atoms. The molecule has 0 aliphatic carbocycles. The minimum Gasteiger partial charge on any atom is -0.336 e. The quantitative estimate of drug-likeness (QED) is 0.330. The number of piperazine rings is 1. The highest BCUT2D eigenvalue weighted by Gasteiger charge is 2.23. The van der Waals surface area contributed by atoms with Crippen LogP contribution in [0.4, 0.5) is 5.69 Å². The minimum absolute atomic E-state index is 0.0444. The van der Waals surface area contributed by atoms with Crippen molar-refractivity contribution in [2.75, 3.05) is 37.2 Å². The molecule has 2 N–H and O–H groups in total. The molecule has 3 aromatic carbocycles. The van der Waals surface area contributed by atoms with Gasteiger partial charge < -0.3 is 4.90 Å². The van der Waals surface area contributed by atoms with Crippen molar-refractivity contribution in [3.63, 3.8) is 0 Å². The van der Waals surface area contributed by atoms with E-state index >= 15 is 0 Å². The van der Waals surface area contributed by atoms with Crippen molar-refractivity contribution in [2.24, 2.45) is 0 Å². The van der Waals surface area contributed by atoms with E-state index in [1.54, 1.807) is 42.6 Å². The fourth-order valence-corrected chi connectivity index (χ4v) is 5.56. The summed E-state index contributed by atoms with van der Waals surface area (Å²) in [5.41, 5.74) is 2.61. The monoisotopic (exact) mass is 582 g/mol. The Hall–Kier alpha value is -3.84. The molecule has 1 aliphatic rings. The summed E-state index contributed by atoms with van der Waals surface area (Å²) in [5.74, 6) is -0.0444. The van der Waals surface area contributed by atoms with Crippen LogP contribution in [0.3, 0.4) is 0 Å². The number of fused-ring (bicyclic) bond motifs is 1. The number of nitrogens with one attached hydrogen (secondary N) is 1. The molecule has 12 heteroatoms. The predicted octanol–water partition coefficient (Wildman–Crippen LogP) is 3.50. The minimum atomic E-state index is -3.84. The lowest BCUT2D eigenvalue weighted by Crippen LogP contribution is -2.48. The maximum Gasteiger partial charge on any atom is 0.264 e. The molecule has 0 spiro atoms. The normalized spacial score (nSPS) is 14.3. The highest BCUT2D eigenvalue weighted by Crippen LogP contribution is 2.23. The predicted molar refractivity (Wildman–Crippen MR) is 154 cm³/mol. The van der Waals surface area contributed by atoms with E-state index in [9.17, 15) is 21.6 Å². The molecule has 2 heterocycles. The SMILES string of the molecule is CS(=O)(=O)O.O=C(c1ccc(NS(=O)(=O)c2cccc3cccnc23)cc1)N1CCN(Cc2ccccc2)CC1. The van der Waals surface area contributed by atoms with E-state index < -0.39 is 20.1 Å². The second-order valence-electron chi connectivity index (χ2n) is 9.30. The molecule has 0 atom stereocenters. The first-order valence-electron chi connectivity index (χ1n) is 12.4. The van der Waals surface area contributed by atoms with E-state index in [1.807, 2.05) is 35.2 Å². The van der Waals surface area contributed by atoms with Crippen LogP contribution in [0.15, 0.2) is 96.0 Å². The molecule has 5 rings (SSSR count). The lowest BCUT2D eigenvalue weighted by molar-refractivity contribution is 0.0628. The van der Waals surface area contributed by atoms with Crippen LogP contribution in [0.5, 0.6) is 0 Å². The summed E-state index contributed by atoms with van der Waals surface area (Å²) in [6, 6.07) is 25.5. The molecule has 1 fully saturated rings. The third-order valence-corrected chi connectivity index (χ3v) is 7.59. The average molecular weight is 583 g/mol. The van der Waals surface area contributed by atoms with Gasteiger partial charge in [-0.3, -0.25) is 24.0 Å². The van der Waals surface area contributed by atoms with Crippen molar-refractivity contribution < 1.29 is 26.2 Å². The number of amides is 1. The van der Waals surface area contributed by atoms with Crippen LogP contribution >= 0.6 is 0 Å². The molecule has 1 saturated heterocycles. The van der Waals surface area contributed by atoms with Crippen molar-refractivity contribution in [3.05, 3.63) is 102 Å². The van der Waals surface area contributed by atoms with E-state index in [0.29, 0.717) is 36.1 Å². The number of aromatic nitrogens is 1. The number of nitrogens with zero attached hydrogens (tertiary/aromatic N) is 3. The van der Waals surface area contributed by atoms with Crippen LogP contribution in [0.2, 0.25) is 0 Å². The number of anilines is 1.